The average Bonchev–Trinajstić information content (AvgIpc) is 3.07. The highest BCUT2D eigenvalue weighted by Gasteiger charge is 2.40. The molecule has 23 heavy (non-hydrogen) atoms. The van der Waals surface area contributed by atoms with E-state index in [1.807, 2.05) is 0 Å². The van der Waals surface area contributed by atoms with Crippen LogP contribution in [0.25, 0.3) is 0 Å². The molecule has 1 aromatic carbocycles. The molecule has 7 heteroatoms. The number of rotatable bonds is 5. The van der Waals surface area contributed by atoms with Crippen LogP contribution in [-0.4, -0.2) is 33.2 Å². The van der Waals surface area contributed by atoms with Crippen molar-refractivity contribution in [2.24, 2.45) is 11.8 Å². The average molecular weight is 401 g/mol. The molecule has 2 aliphatic carbocycles. The molecule has 2 saturated carbocycles. The molecule has 5 nitrogen and oxygen atoms in total. The molecule has 0 unspecified atom stereocenters. The van der Waals surface area contributed by atoms with Crippen molar-refractivity contribution in [3.63, 3.8) is 0 Å². The number of amides is 1. The van der Waals surface area contributed by atoms with Crippen LogP contribution >= 0.6 is 15.9 Å². The van der Waals surface area contributed by atoms with Crippen molar-refractivity contribution in [3.05, 3.63) is 28.7 Å². The largest absolute Gasteiger partial charge is 0.352 e. The number of halogens is 1. The molecule has 1 amide bonds. The molecule has 0 aliphatic heterocycles. The Bertz CT molecular complexity index is 690. The highest BCUT2D eigenvalue weighted by molar-refractivity contribution is 9.10. The summed E-state index contributed by atoms with van der Waals surface area (Å²) in [5.74, 6) is 1.09. The number of fused-ring (bicyclic) bond motifs is 2. The Balaban J connectivity index is 1.69. The van der Waals surface area contributed by atoms with Crippen LogP contribution in [0.3, 0.4) is 0 Å². The molecule has 1 N–H and O–H groups in total. The lowest BCUT2D eigenvalue weighted by Gasteiger charge is -2.26. The Morgan fingerprint density at radius 2 is 1.96 bits per heavy atom. The van der Waals surface area contributed by atoms with Gasteiger partial charge in [0, 0.05) is 10.5 Å². The summed E-state index contributed by atoms with van der Waals surface area (Å²) in [6.07, 6.45) is 5.81. The van der Waals surface area contributed by atoms with Gasteiger partial charge in [-0.15, -0.1) is 0 Å². The third-order valence-corrected chi connectivity index (χ3v) is 6.56. The second-order valence-corrected chi connectivity index (χ2v) is 9.42. The van der Waals surface area contributed by atoms with E-state index in [1.165, 1.54) is 19.3 Å². The second-order valence-electron chi connectivity index (χ2n) is 6.59. The molecular weight excluding hydrogens is 380 g/mol. The van der Waals surface area contributed by atoms with Crippen LogP contribution in [0.4, 0.5) is 5.69 Å². The molecule has 2 bridgehead atoms. The number of nitrogens with one attached hydrogen (secondary N) is 1. The maximum Gasteiger partial charge on any atom is 0.241 e. The predicted octanol–water partition coefficient (Wildman–Crippen LogP) is 2.52. The van der Waals surface area contributed by atoms with Gasteiger partial charge < -0.3 is 5.32 Å². The number of hydrogen-bond donors (Lipinski definition) is 1. The maximum absolute atomic E-state index is 12.3. The monoisotopic (exact) mass is 400 g/mol. The van der Waals surface area contributed by atoms with Gasteiger partial charge in [-0.25, -0.2) is 8.42 Å². The van der Waals surface area contributed by atoms with E-state index in [0.29, 0.717) is 11.6 Å². The molecule has 0 radical (unpaired) electrons. The Morgan fingerprint density at radius 3 is 2.48 bits per heavy atom. The topological polar surface area (TPSA) is 66.5 Å². The Labute approximate surface area is 145 Å². The van der Waals surface area contributed by atoms with Gasteiger partial charge in [0.25, 0.3) is 0 Å². The van der Waals surface area contributed by atoms with E-state index in [1.54, 1.807) is 24.3 Å². The van der Waals surface area contributed by atoms with Crippen molar-refractivity contribution in [1.82, 2.24) is 5.32 Å². The summed E-state index contributed by atoms with van der Waals surface area (Å²) in [6, 6.07) is 7.13. The quantitative estimate of drug-likeness (QED) is 0.825. The number of carbonyl (C=O) groups excluding carboxylic acids is 1. The van der Waals surface area contributed by atoms with Gasteiger partial charge in [0.15, 0.2) is 0 Å². The molecule has 2 fully saturated rings. The lowest BCUT2D eigenvalue weighted by molar-refractivity contribution is -0.120. The van der Waals surface area contributed by atoms with Crippen LogP contribution < -0.4 is 9.62 Å². The predicted molar refractivity (Wildman–Crippen MR) is 93.7 cm³/mol. The van der Waals surface area contributed by atoms with Gasteiger partial charge in [-0.05, 0) is 55.4 Å². The van der Waals surface area contributed by atoms with Crippen LogP contribution in [-0.2, 0) is 14.8 Å². The molecule has 3 atom stereocenters. The molecule has 126 valence electrons. The first-order valence-corrected chi connectivity index (χ1v) is 10.5. The highest BCUT2D eigenvalue weighted by Crippen LogP contribution is 2.44. The van der Waals surface area contributed by atoms with Crippen molar-refractivity contribution in [1.29, 1.82) is 0 Å². The third kappa shape index (κ3) is 3.88. The first kappa shape index (κ1) is 16.8. The SMILES string of the molecule is CS(=O)(=O)N(CC(=O)N[C@H]1C[C@H]2CC[C@H]1C2)c1ccc(Br)cc1. The van der Waals surface area contributed by atoms with Crippen LogP contribution in [0.2, 0.25) is 0 Å². The summed E-state index contributed by atoms with van der Waals surface area (Å²) < 4.78 is 26.1. The molecule has 3 rings (SSSR count). The minimum absolute atomic E-state index is 0.172. The molecule has 1 aromatic rings. The molecule has 0 saturated heterocycles. The van der Waals surface area contributed by atoms with Crippen molar-refractivity contribution in [2.75, 3.05) is 17.1 Å². The number of carbonyl (C=O) groups is 1. The molecule has 2 aliphatic rings. The normalized spacial score (nSPS) is 26.3. The fourth-order valence-corrected chi connectivity index (χ4v) is 4.93. The number of nitrogens with zero attached hydrogens (tertiary/aromatic N) is 1. The standard InChI is InChI=1S/C16H21BrN2O3S/c1-23(21,22)19(14-6-4-13(17)5-7-14)10-16(20)18-15-9-11-2-3-12(15)8-11/h4-7,11-12,15H,2-3,8-10H2,1H3,(H,18,20)/t11-,12-,15-/m0/s1. The summed E-state index contributed by atoms with van der Waals surface area (Å²) in [6.45, 7) is -0.172. The van der Waals surface area contributed by atoms with Crippen molar-refractivity contribution >= 4 is 37.5 Å². The number of hydrogen-bond acceptors (Lipinski definition) is 3. The van der Waals surface area contributed by atoms with Gasteiger partial charge in [-0.2, -0.15) is 0 Å². The van der Waals surface area contributed by atoms with E-state index < -0.39 is 10.0 Å². The summed E-state index contributed by atoms with van der Waals surface area (Å²) in [7, 11) is -3.51. The maximum atomic E-state index is 12.3. The van der Waals surface area contributed by atoms with Gasteiger partial charge in [-0.1, -0.05) is 22.4 Å². The zero-order valence-corrected chi connectivity index (χ0v) is 15.4. The lowest BCUT2D eigenvalue weighted by Crippen LogP contribution is -2.45. The van der Waals surface area contributed by atoms with Crippen molar-refractivity contribution < 1.29 is 13.2 Å². The number of anilines is 1. The summed E-state index contributed by atoms with van der Waals surface area (Å²) in [5.41, 5.74) is 0.499. The van der Waals surface area contributed by atoms with E-state index in [9.17, 15) is 13.2 Å². The van der Waals surface area contributed by atoms with Crippen molar-refractivity contribution in [2.45, 2.75) is 31.7 Å². The fraction of sp³-hybridized carbons (Fsp3) is 0.562. The third-order valence-electron chi connectivity index (χ3n) is 4.89. The fourth-order valence-electron chi connectivity index (χ4n) is 3.81. The Morgan fingerprint density at radius 1 is 1.26 bits per heavy atom. The minimum Gasteiger partial charge on any atom is -0.352 e. The van der Waals surface area contributed by atoms with Gasteiger partial charge in [-0.3, -0.25) is 9.10 Å². The molecule has 0 aromatic heterocycles. The van der Waals surface area contributed by atoms with Crippen LogP contribution in [0, 0.1) is 11.8 Å². The molecule has 0 heterocycles. The Kier molecular flexibility index (Phi) is 4.69. The smallest absolute Gasteiger partial charge is 0.241 e. The lowest BCUT2D eigenvalue weighted by atomic mass is 9.95. The van der Waals surface area contributed by atoms with Crippen LogP contribution in [0.15, 0.2) is 28.7 Å². The van der Waals surface area contributed by atoms with E-state index in [4.69, 9.17) is 0 Å². The van der Waals surface area contributed by atoms with Gasteiger partial charge in [0.05, 0.1) is 11.9 Å². The number of sulfonamides is 1. The molecular formula is C16H21BrN2O3S. The van der Waals surface area contributed by atoms with Gasteiger partial charge in [0.2, 0.25) is 15.9 Å². The minimum atomic E-state index is -3.51. The zero-order valence-electron chi connectivity index (χ0n) is 13.0. The summed E-state index contributed by atoms with van der Waals surface area (Å²) in [5, 5.41) is 3.04. The van der Waals surface area contributed by atoms with Crippen molar-refractivity contribution in [3.8, 4) is 0 Å². The first-order chi connectivity index (χ1) is 10.8. The summed E-state index contributed by atoms with van der Waals surface area (Å²) >= 11 is 3.33. The second kappa shape index (κ2) is 6.43. The van der Waals surface area contributed by atoms with Crippen LogP contribution in [0.1, 0.15) is 25.7 Å². The number of benzene rings is 1. The Hall–Kier alpha value is -1.08. The highest BCUT2D eigenvalue weighted by atomic mass is 79.9. The zero-order chi connectivity index (χ0) is 16.6. The van der Waals surface area contributed by atoms with E-state index in [2.05, 4.69) is 21.2 Å². The van der Waals surface area contributed by atoms with Crippen LogP contribution in [0.5, 0.6) is 0 Å². The van der Waals surface area contributed by atoms with Gasteiger partial charge >= 0.3 is 0 Å². The summed E-state index contributed by atoms with van der Waals surface area (Å²) in [4.78, 5) is 12.3. The van der Waals surface area contributed by atoms with Gasteiger partial charge in [0.1, 0.15) is 6.54 Å². The van der Waals surface area contributed by atoms with E-state index in [0.717, 1.165) is 27.4 Å². The first-order valence-electron chi connectivity index (χ1n) is 7.85. The van der Waals surface area contributed by atoms with E-state index in [-0.39, 0.29) is 18.5 Å². The van der Waals surface area contributed by atoms with E-state index >= 15 is 0 Å². The molecule has 0 spiro atoms.